The minimum atomic E-state index is -0.615. The predicted molar refractivity (Wildman–Crippen MR) is 150 cm³/mol. The molecule has 6 rings (SSSR count). The zero-order chi connectivity index (χ0) is 28.3. The molecule has 1 saturated heterocycles. The van der Waals surface area contributed by atoms with Crippen molar-refractivity contribution in [3.05, 3.63) is 131 Å². The molecule has 4 aromatic rings. The van der Waals surface area contributed by atoms with Gasteiger partial charge >= 0.3 is 11.9 Å². The van der Waals surface area contributed by atoms with Crippen molar-refractivity contribution in [3.8, 4) is 11.5 Å². The van der Waals surface area contributed by atoms with Gasteiger partial charge in [-0.15, -0.1) is 0 Å². The molecule has 0 saturated carbocycles. The van der Waals surface area contributed by atoms with E-state index in [1.807, 2.05) is 6.07 Å². The maximum Gasteiger partial charge on any atom is 0.343 e. The maximum absolute atomic E-state index is 13.2. The quantitative estimate of drug-likeness (QED) is 0.266. The molecule has 2 aliphatic rings. The van der Waals surface area contributed by atoms with Gasteiger partial charge in [0.25, 0.3) is 5.91 Å². The van der Waals surface area contributed by atoms with Gasteiger partial charge in [-0.25, -0.2) is 9.59 Å². The Morgan fingerprint density at radius 1 is 0.683 bits per heavy atom. The standard InChI is InChI=1S/C33H26N2O6/c36-30-21-34(31(37)22-10-4-1-5-11-22)20-27-26-19-29(41-33(39)24-14-8-3-9-15-24)28(18-25(26)16-17-35(27)30)40-32(38)23-12-6-2-7-13-23/h1-15,18-19,27H,16-17,20-21H2. The molecule has 0 aromatic heterocycles. The summed E-state index contributed by atoms with van der Waals surface area (Å²) in [5.74, 6) is -1.42. The topological polar surface area (TPSA) is 93.2 Å². The van der Waals surface area contributed by atoms with Crippen LogP contribution in [0.1, 0.15) is 48.2 Å². The molecule has 8 heteroatoms. The molecule has 0 N–H and O–H groups in total. The average Bonchev–Trinajstić information content (AvgIpc) is 3.02. The van der Waals surface area contributed by atoms with Crippen molar-refractivity contribution in [1.29, 1.82) is 0 Å². The molecule has 2 heterocycles. The van der Waals surface area contributed by atoms with Crippen molar-refractivity contribution < 1.29 is 28.7 Å². The van der Waals surface area contributed by atoms with E-state index in [1.54, 1.807) is 107 Å². The van der Waals surface area contributed by atoms with Gasteiger partial charge in [0.1, 0.15) is 6.54 Å². The lowest BCUT2D eigenvalue weighted by Gasteiger charge is -2.44. The summed E-state index contributed by atoms with van der Waals surface area (Å²) in [6, 6.07) is 28.8. The molecule has 0 spiro atoms. The van der Waals surface area contributed by atoms with Crippen LogP contribution in [0.25, 0.3) is 0 Å². The monoisotopic (exact) mass is 546 g/mol. The Morgan fingerprint density at radius 3 is 1.76 bits per heavy atom. The Kier molecular flexibility index (Phi) is 7.04. The first-order valence-electron chi connectivity index (χ1n) is 13.3. The smallest absolute Gasteiger partial charge is 0.343 e. The number of benzene rings is 4. The van der Waals surface area contributed by atoms with Gasteiger partial charge in [0, 0.05) is 18.7 Å². The second-order valence-corrected chi connectivity index (χ2v) is 9.91. The minimum absolute atomic E-state index is 0.0117. The first-order valence-corrected chi connectivity index (χ1v) is 13.3. The summed E-state index contributed by atoms with van der Waals surface area (Å²) in [6.45, 7) is 0.725. The number of hydrogen-bond acceptors (Lipinski definition) is 6. The SMILES string of the molecule is O=C(Oc1cc2c(cc1OC(=O)c1ccccc1)C1CN(C(=O)c3ccccc3)CC(=O)N1CC2)c1ccccc1. The Balaban J connectivity index is 1.36. The summed E-state index contributed by atoms with van der Waals surface area (Å²) in [6.07, 6.45) is 0.521. The predicted octanol–water partition coefficient (Wildman–Crippen LogP) is 4.71. The van der Waals surface area contributed by atoms with Crippen molar-refractivity contribution in [1.82, 2.24) is 9.80 Å². The molecule has 0 aliphatic carbocycles. The number of nitrogens with zero attached hydrogens (tertiary/aromatic N) is 2. The zero-order valence-electron chi connectivity index (χ0n) is 22.1. The van der Waals surface area contributed by atoms with Gasteiger partial charge in [0.15, 0.2) is 11.5 Å². The van der Waals surface area contributed by atoms with Gasteiger partial charge in [0.05, 0.1) is 17.2 Å². The van der Waals surface area contributed by atoms with Gasteiger partial charge in [-0.2, -0.15) is 0 Å². The zero-order valence-corrected chi connectivity index (χ0v) is 22.1. The number of piperazine rings is 1. The Hall–Kier alpha value is -5.24. The number of hydrogen-bond donors (Lipinski definition) is 0. The molecule has 41 heavy (non-hydrogen) atoms. The number of carbonyl (C=O) groups excluding carboxylic acids is 4. The molecule has 204 valence electrons. The first kappa shape index (κ1) is 26.0. The second kappa shape index (κ2) is 11.1. The fourth-order valence-corrected chi connectivity index (χ4v) is 5.28. The van der Waals surface area contributed by atoms with Crippen LogP contribution in [0.5, 0.6) is 11.5 Å². The van der Waals surface area contributed by atoms with Crippen LogP contribution in [0.3, 0.4) is 0 Å². The van der Waals surface area contributed by atoms with Gasteiger partial charge < -0.3 is 19.3 Å². The number of fused-ring (bicyclic) bond motifs is 3. The van der Waals surface area contributed by atoms with E-state index in [-0.39, 0.29) is 36.4 Å². The van der Waals surface area contributed by atoms with E-state index in [9.17, 15) is 19.2 Å². The number of carbonyl (C=O) groups is 4. The van der Waals surface area contributed by atoms with Crippen molar-refractivity contribution in [3.63, 3.8) is 0 Å². The molecule has 1 atom stereocenters. The van der Waals surface area contributed by atoms with E-state index >= 15 is 0 Å². The van der Waals surface area contributed by atoms with E-state index < -0.39 is 18.0 Å². The number of esters is 2. The lowest BCUT2D eigenvalue weighted by Crippen LogP contribution is -2.55. The summed E-state index contributed by atoms with van der Waals surface area (Å²) < 4.78 is 11.5. The van der Waals surface area contributed by atoms with Crippen molar-refractivity contribution in [2.75, 3.05) is 19.6 Å². The molecule has 0 bridgehead atoms. The largest absolute Gasteiger partial charge is 0.419 e. The van der Waals surface area contributed by atoms with Crippen molar-refractivity contribution >= 4 is 23.8 Å². The highest BCUT2D eigenvalue weighted by molar-refractivity contribution is 5.97. The third-order valence-corrected chi connectivity index (χ3v) is 7.33. The maximum atomic E-state index is 13.2. The van der Waals surface area contributed by atoms with Gasteiger partial charge in [-0.1, -0.05) is 54.6 Å². The van der Waals surface area contributed by atoms with Crippen LogP contribution in [0.4, 0.5) is 0 Å². The summed E-state index contributed by atoms with van der Waals surface area (Å²) in [4.78, 5) is 55.7. The summed E-state index contributed by atoms with van der Waals surface area (Å²) in [7, 11) is 0. The van der Waals surface area contributed by atoms with E-state index in [0.29, 0.717) is 29.7 Å². The van der Waals surface area contributed by atoms with Crippen LogP contribution in [0.15, 0.2) is 103 Å². The molecule has 1 unspecified atom stereocenters. The van der Waals surface area contributed by atoms with Crippen LogP contribution < -0.4 is 9.47 Å². The van der Waals surface area contributed by atoms with E-state index in [0.717, 1.165) is 11.1 Å². The van der Waals surface area contributed by atoms with Crippen LogP contribution in [-0.4, -0.2) is 53.2 Å². The Morgan fingerprint density at radius 2 is 1.20 bits per heavy atom. The van der Waals surface area contributed by atoms with E-state index in [1.165, 1.54) is 0 Å². The van der Waals surface area contributed by atoms with E-state index in [4.69, 9.17) is 9.47 Å². The summed E-state index contributed by atoms with van der Waals surface area (Å²) >= 11 is 0. The highest BCUT2D eigenvalue weighted by atomic mass is 16.6. The Labute approximate surface area is 236 Å². The van der Waals surface area contributed by atoms with E-state index in [2.05, 4.69) is 0 Å². The molecule has 0 radical (unpaired) electrons. The third kappa shape index (κ3) is 5.32. The summed E-state index contributed by atoms with van der Waals surface area (Å²) in [5, 5.41) is 0. The number of rotatable bonds is 5. The fourth-order valence-electron chi connectivity index (χ4n) is 5.28. The third-order valence-electron chi connectivity index (χ3n) is 7.33. The molecule has 2 amide bonds. The normalized spacial score (nSPS) is 15.9. The first-order chi connectivity index (χ1) is 20.0. The molecular weight excluding hydrogens is 520 g/mol. The molecular formula is C33H26N2O6. The van der Waals surface area contributed by atoms with Crippen LogP contribution >= 0.6 is 0 Å². The lowest BCUT2D eigenvalue weighted by molar-refractivity contribution is -0.139. The van der Waals surface area contributed by atoms with Crippen LogP contribution in [0, 0.1) is 0 Å². The number of ether oxygens (including phenoxy) is 2. The van der Waals surface area contributed by atoms with Gasteiger partial charge in [-0.05, 0) is 66.1 Å². The molecule has 2 aliphatic heterocycles. The molecule has 1 fully saturated rings. The molecule has 4 aromatic carbocycles. The van der Waals surface area contributed by atoms with Crippen LogP contribution in [-0.2, 0) is 11.2 Å². The van der Waals surface area contributed by atoms with Crippen LogP contribution in [0.2, 0.25) is 0 Å². The highest BCUT2D eigenvalue weighted by Crippen LogP contribution is 2.40. The van der Waals surface area contributed by atoms with Crippen molar-refractivity contribution in [2.45, 2.75) is 12.5 Å². The average molecular weight is 547 g/mol. The fraction of sp³-hybridized carbons (Fsp3) is 0.152. The minimum Gasteiger partial charge on any atom is -0.419 e. The lowest BCUT2D eigenvalue weighted by atomic mass is 9.90. The Bertz CT molecular complexity index is 1620. The second-order valence-electron chi connectivity index (χ2n) is 9.91. The van der Waals surface area contributed by atoms with Crippen molar-refractivity contribution in [2.24, 2.45) is 0 Å². The molecule has 8 nitrogen and oxygen atoms in total. The van der Waals surface area contributed by atoms with Gasteiger partial charge in [0.2, 0.25) is 5.91 Å². The summed E-state index contributed by atoms with van der Waals surface area (Å²) in [5.41, 5.74) is 2.78. The highest BCUT2D eigenvalue weighted by Gasteiger charge is 2.39. The van der Waals surface area contributed by atoms with Gasteiger partial charge in [-0.3, -0.25) is 9.59 Å². The number of amides is 2.